The van der Waals surface area contributed by atoms with Gasteiger partial charge in [-0.25, -0.2) is 8.78 Å². The normalized spacial score (nSPS) is 11.8. The summed E-state index contributed by atoms with van der Waals surface area (Å²) < 4.78 is 118. The molecule has 0 aromatic heterocycles. The molecule has 0 radical (unpaired) electrons. The first kappa shape index (κ1) is 27.3. The Labute approximate surface area is 205 Å². The van der Waals surface area contributed by atoms with Gasteiger partial charge in [-0.2, -0.15) is 26.3 Å². The van der Waals surface area contributed by atoms with Gasteiger partial charge >= 0.3 is 12.2 Å². The Morgan fingerprint density at radius 2 is 1.47 bits per heavy atom. The summed E-state index contributed by atoms with van der Waals surface area (Å²) in [6.07, 6.45) is -10.8. The van der Waals surface area contributed by atoms with Crippen molar-refractivity contribution in [1.29, 1.82) is 0 Å². The standard InChI is InChI=1S/C25H17ClF8O2/c1-2-3-14-4-6-15(7-5-14)16-10-19(27)23(20(28)11-16)25(33,34)35-17-8-9-21(18(26)12-17)36-24(31,32)13-22(29)30/h4-13H,2-3H2,1H3. The number of ether oxygens (including phenoxy) is 2. The first-order valence-electron chi connectivity index (χ1n) is 10.4. The van der Waals surface area contributed by atoms with E-state index in [0.717, 1.165) is 30.5 Å². The Bertz CT molecular complexity index is 1230. The molecule has 3 rings (SSSR count). The Morgan fingerprint density at radius 3 is 2.00 bits per heavy atom. The summed E-state index contributed by atoms with van der Waals surface area (Å²) in [5.41, 5.74) is -0.245. The molecule has 36 heavy (non-hydrogen) atoms. The molecule has 0 fully saturated rings. The minimum absolute atomic E-state index is 0.0249. The van der Waals surface area contributed by atoms with Gasteiger partial charge in [-0.1, -0.05) is 49.2 Å². The van der Waals surface area contributed by atoms with Crippen LogP contribution in [-0.4, -0.2) is 6.11 Å². The van der Waals surface area contributed by atoms with Crippen LogP contribution in [0.25, 0.3) is 11.1 Å². The average Bonchev–Trinajstić information content (AvgIpc) is 2.74. The zero-order valence-corrected chi connectivity index (χ0v) is 19.2. The van der Waals surface area contributed by atoms with Crippen molar-refractivity contribution in [3.8, 4) is 22.6 Å². The van der Waals surface area contributed by atoms with Gasteiger partial charge in [-0.15, -0.1) is 0 Å². The monoisotopic (exact) mass is 536 g/mol. The summed E-state index contributed by atoms with van der Waals surface area (Å²) >= 11 is 5.69. The molecule has 0 bridgehead atoms. The van der Waals surface area contributed by atoms with E-state index >= 15 is 0 Å². The largest absolute Gasteiger partial charge is 0.432 e. The van der Waals surface area contributed by atoms with Crippen LogP contribution in [0.2, 0.25) is 5.02 Å². The second-order valence-electron chi connectivity index (χ2n) is 7.57. The lowest BCUT2D eigenvalue weighted by atomic mass is 10.00. The van der Waals surface area contributed by atoms with E-state index in [4.69, 9.17) is 11.6 Å². The molecule has 0 aliphatic rings. The predicted octanol–water partition coefficient (Wildman–Crippen LogP) is 9.12. The molecular weight excluding hydrogens is 520 g/mol. The van der Waals surface area contributed by atoms with Crippen molar-refractivity contribution in [3.63, 3.8) is 0 Å². The van der Waals surface area contributed by atoms with Gasteiger partial charge in [0.1, 0.15) is 28.7 Å². The van der Waals surface area contributed by atoms with Crippen LogP contribution >= 0.6 is 11.6 Å². The van der Waals surface area contributed by atoms with Gasteiger partial charge < -0.3 is 9.47 Å². The van der Waals surface area contributed by atoms with Crippen LogP contribution in [0.4, 0.5) is 35.1 Å². The van der Waals surface area contributed by atoms with Crippen LogP contribution in [0.1, 0.15) is 24.5 Å². The van der Waals surface area contributed by atoms with Gasteiger partial charge in [0.2, 0.25) is 0 Å². The molecule has 2 nitrogen and oxygen atoms in total. The van der Waals surface area contributed by atoms with Crippen molar-refractivity contribution < 1.29 is 44.6 Å². The SMILES string of the molecule is CCCc1ccc(-c2cc(F)c(C(F)(F)Oc3ccc(OC(F)(F)C=C(F)F)c(Cl)c3)c(F)c2)cc1. The number of hydrogen-bond acceptors (Lipinski definition) is 2. The molecule has 3 aromatic carbocycles. The Kier molecular flexibility index (Phi) is 8.18. The van der Waals surface area contributed by atoms with Gasteiger partial charge in [-0.05, 0) is 47.4 Å². The van der Waals surface area contributed by atoms with Gasteiger partial charge in [0, 0.05) is 6.07 Å². The highest BCUT2D eigenvalue weighted by molar-refractivity contribution is 6.32. The summed E-state index contributed by atoms with van der Waals surface area (Å²) in [5, 5.41) is -0.710. The summed E-state index contributed by atoms with van der Waals surface area (Å²) in [6.45, 7) is 1.99. The number of alkyl halides is 4. The third-order valence-electron chi connectivity index (χ3n) is 4.83. The molecule has 0 saturated heterocycles. The van der Waals surface area contributed by atoms with E-state index in [1.54, 1.807) is 24.3 Å². The number of hydrogen-bond donors (Lipinski definition) is 0. The fourth-order valence-corrected chi connectivity index (χ4v) is 3.51. The molecule has 0 heterocycles. The molecule has 0 spiro atoms. The fourth-order valence-electron chi connectivity index (χ4n) is 3.30. The first-order chi connectivity index (χ1) is 16.8. The summed E-state index contributed by atoms with van der Waals surface area (Å²) in [6, 6.07) is 10.1. The highest BCUT2D eigenvalue weighted by Crippen LogP contribution is 2.39. The topological polar surface area (TPSA) is 18.5 Å². The van der Waals surface area contributed by atoms with E-state index in [2.05, 4.69) is 9.47 Å². The maximum atomic E-state index is 14.7. The van der Waals surface area contributed by atoms with Crippen molar-refractivity contribution in [1.82, 2.24) is 0 Å². The van der Waals surface area contributed by atoms with Crippen molar-refractivity contribution in [3.05, 3.63) is 94.5 Å². The van der Waals surface area contributed by atoms with Crippen molar-refractivity contribution >= 4 is 11.6 Å². The van der Waals surface area contributed by atoms with Crippen molar-refractivity contribution in [2.75, 3.05) is 0 Å². The van der Waals surface area contributed by atoms with Gasteiger partial charge in [0.25, 0.3) is 6.08 Å². The zero-order chi connectivity index (χ0) is 26.7. The lowest BCUT2D eigenvalue weighted by Gasteiger charge is -2.21. The zero-order valence-electron chi connectivity index (χ0n) is 18.4. The second kappa shape index (κ2) is 10.8. The third-order valence-corrected chi connectivity index (χ3v) is 5.13. The highest BCUT2D eigenvalue weighted by atomic mass is 35.5. The molecule has 0 amide bonds. The van der Waals surface area contributed by atoms with E-state index in [1.807, 2.05) is 6.92 Å². The maximum absolute atomic E-state index is 14.7. The number of halogens is 9. The highest BCUT2D eigenvalue weighted by Gasteiger charge is 2.41. The second-order valence-corrected chi connectivity index (χ2v) is 7.98. The van der Waals surface area contributed by atoms with Crippen LogP contribution in [0, 0.1) is 11.6 Å². The maximum Gasteiger partial charge on any atom is 0.432 e. The van der Waals surface area contributed by atoms with E-state index in [0.29, 0.717) is 23.8 Å². The van der Waals surface area contributed by atoms with Crippen molar-refractivity contribution in [2.24, 2.45) is 0 Å². The molecule has 0 aliphatic heterocycles. The Morgan fingerprint density at radius 1 is 0.861 bits per heavy atom. The molecule has 0 unspecified atom stereocenters. The van der Waals surface area contributed by atoms with E-state index < -0.39 is 58.1 Å². The van der Waals surface area contributed by atoms with Crippen LogP contribution in [0.15, 0.2) is 66.8 Å². The minimum atomic E-state index is -4.53. The summed E-state index contributed by atoms with van der Waals surface area (Å²) in [4.78, 5) is 0. The number of rotatable bonds is 9. The minimum Gasteiger partial charge on any atom is -0.429 e. The third kappa shape index (κ3) is 6.69. The summed E-state index contributed by atoms with van der Waals surface area (Å²) in [7, 11) is 0. The van der Waals surface area contributed by atoms with E-state index in [9.17, 15) is 35.1 Å². The van der Waals surface area contributed by atoms with E-state index in [-0.39, 0.29) is 5.56 Å². The predicted molar refractivity (Wildman–Crippen MR) is 118 cm³/mol. The molecule has 11 heteroatoms. The van der Waals surface area contributed by atoms with Gasteiger partial charge in [0.05, 0.1) is 11.1 Å². The van der Waals surface area contributed by atoms with Gasteiger partial charge in [-0.3, -0.25) is 0 Å². The first-order valence-corrected chi connectivity index (χ1v) is 10.7. The molecule has 0 N–H and O–H groups in total. The number of benzene rings is 3. The Hall–Kier alpha value is -3.27. The molecule has 0 saturated carbocycles. The van der Waals surface area contributed by atoms with Crippen LogP contribution in [-0.2, 0) is 12.5 Å². The fraction of sp³-hybridized carbons (Fsp3) is 0.200. The number of aryl methyl sites for hydroxylation is 1. The van der Waals surface area contributed by atoms with E-state index in [1.165, 1.54) is 0 Å². The van der Waals surface area contributed by atoms with Crippen LogP contribution in [0.5, 0.6) is 11.5 Å². The molecule has 0 aliphatic carbocycles. The lowest BCUT2D eigenvalue weighted by molar-refractivity contribution is -0.189. The van der Waals surface area contributed by atoms with Gasteiger partial charge in [0.15, 0.2) is 0 Å². The Balaban J connectivity index is 1.84. The van der Waals surface area contributed by atoms with Crippen molar-refractivity contribution in [2.45, 2.75) is 32.0 Å². The average molecular weight is 537 g/mol. The quantitative estimate of drug-likeness (QED) is 0.254. The summed E-state index contributed by atoms with van der Waals surface area (Å²) in [5.74, 6) is -4.76. The molecule has 0 atom stereocenters. The van der Waals surface area contributed by atoms with Crippen LogP contribution < -0.4 is 9.47 Å². The molecule has 3 aromatic rings. The molecule has 192 valence electrons. The lowest BCUT2D eigenvalue weighted by Crippen LogP contribution is -2.25. The molecular formula is C25H17ClF8O2. The van der Waals surface area contributed by atoms with Crippen LogP contribution in [0.3, 0.4) is 0 Å². The smallest absolute Gasteiger partial charge is 0.429 e.